The highest BCUT2D eigenvalue weighted by Crippen LogP contribution is 2.36. The molecule has 0 heterocycles. The lowest BCUT2D eigenvalue weighted by molar-refractivity contribution is 0.0729. The average molecular weight is 198 g/mol. The van der Waals surface area contributed by atoms with Gasteiger partial charge < -0.3 is 10.2 Å². The van der Waals surface area contributed by atoms with Gasteiger partial charge in [0.2, 0.25) is 0 Å². The van der Waals surface area contributed by atoms with Gasteiger partial charge in [0.15, 0.2) is 0 Å². The van der Waals surface area contributed by atoms with Crippen LogP contribution in [0.4, 0.5) is 0 Å². The van der Waals surface area contributed by atoms with Gasteiger partial charge in [-0.15, -0.1) is 11.8 Å². The lowest BCUT2D eigenvalue weighted by Crippen LogP contribution is -2.16. The van der Waals surface area contributed by atoms with E-state index in [9.17, 15) is 10.2 Å². The molecule has 1 aromatic carbocycles. The Morgan fingerprint density at radius 2 is 1.92 bits per heavy atom. The molecule has 1 rings (SSSR count). The van der Waals surface area contributed by atoms with Crippen LogP contribution in [0.2, 0.25) is 0 Å². The summed E-state index contributed by atoms with van der Waals surface area (Å²) in [7, 11) is 0. The minimum absolute atomic E-state index is 0.152. The molecule has 0 fully saturated rings. The first-order valence-electron chi connectivity index (χ1n) is 4.05. The summed E-state index contributed by atoms with van der Waals surface area (Å²) in [6, 6.07) is 5.25. The van der Waals surface area contributed by atoms with E-state index in [0.717, 1.165) is 4.90 Å². The lowest BCUT2D eigenvalue weighted by Gasteiger charge is -2.21. The van der Waals surface area contributed by atoms with E-state index in [1.807, 2.05) is 12.3 Å². The summed E-state index contributed by atoms with van der Waals surface area (Å²) in [5.41, 5.74) is -0.397. The van der Waals surface area contributed by atoms with Gasteiger partial charge in [-0.3, -0.25) is 0 Å². The van der Waals surface area contributed by atoms with Crippen molar-refractivity contribution in [3.8, 4) is 5.75 Å². The Morgan fingerprint density at radius 1 is 1.31 bits per heavy atom. The molecule has 0 atom stereocenters. The van der Waals surface area contributed by atoms with Gasteiger partial charge in [0.1, 0.15) is 5.75 Å². The first-order valence-corrected chi connectivity index (χ1v) is 5.28. The van der Waals surface area contributed by atoms with Crippen molar-refractivity contribution in [3.63, 3.8) is 0 Å². The van der Waals surface area contributed by atoms with Crippen molar-refractivity contribution in [2.45, 2.75) is 24.3 Å². The van der Waals surface area contributed by atoms with Gasteiger partial charge in [-0.05, 0) is 32.2 Å². The van der Waals surface area contributed by atoms with E-state index in [1.165, 1.54) is 11.8 Å². The van der Waals surface area contributed by atoms with Crippen molar-refractivity contribution in [1.29, 1.82) is 0 Å². The van der Waals surface area contributed by atoms with Gasteiger partial charge in [-0.2, -0.15) is 0 Å². The van der Waals surface area contributed by atoms with Gasteiger partial charge in [0.25, 0.3) is 0 Å². The number of hydrogen-bond donors (Lipinski definition) is 2. The summed E-state index contributed by atoms with van der Waals surface area (Å²) in [6.07, 6.45) is 1.92. The van der Waals surface area contributed by atoms with Crippen LogP contribution >= 0.6 is 11.8 Å². The molecule has 0 radical (unpaired) electrons. The summed E-state index contributed by atoms with van der Waals surface area (Å²) >= 11 is 1.52. The first kappa shape index (κ1) is 10.4. The van der Waals surface area contributed by atoms with E-state index in [1.54, 1.807) is 26.0 Å². The summed E-state index contributed by atoms with van der Waals surface area (Å²) in [5, 5.41) is 19.4. The molecular weight excluding hydrogens is 184 g/mol. The van der Waals surface area contributed by atoms with Crippen molar-refractivity contribution >= 4 is 11.8 Å². The molecule has 0 amide bonds. The van der Waals surface area contributed by atoms with Crippen LogP contribution in [0.25, 0.3) is 0 Å². The van der Waals surface area contributed by atoms with Crippen molar-refractivity contribution in [3.05, 3.63) is 23.8 Å². The molecule has 0 aliphatic rings. The number of rotatable bonds is 2. The van der Waals surface area contributed by atoms with Crippen LogP contribution in [0.5, 0.6) is 5.75 Å². The average Bonchev–Trinajstić information content (AvgIpc) is 2.01. The van der Waals surface area contributed by atoms with Gasteiger partial charge >= 0.3 is 0 Å². The topological polar surface area (TPSA) is 40.5 Å². The number of thioether (sulfide) groups is 1. The molecule has 72 valence electrons. The highest BCUT2D eigenvalue weighted by molar-refractivity contribution is 7.98. The standard InChI is InChI=1S/C10H14O2S/c1-10(2,12)9-7(11)5-4-6-8(9)13-3/h4-6,11-12H,1-3H3. The minimum Gasteiger partial charge on any atom is -0.508 e. The maximum Gasteiger partial charge on any atom is 0.122 e. The Balaban J connectivity index is 3.32. The Hall–Kier alpha value is -0.670. The second-order valence-electron chi connectivity index (χ2n) is 3.41. The second-order valence-corrected chi connectivity index (χ2v) is 4.26. The Bertz CT molecular complexity index is 302. The number of aliphatic hydroxyl groups is 1. The fourth-order valence-corrected chi connectivity index (χ4v) is 2.08. The van der Waals surface area contributed by atoms with E-state index < -0.39 is 5.60 Å². The predicted octanol–water partition coefficient (Wildman–Crippen LogP) is 2.34. The maximum absolute atomic E-state index is 9.81. The van der Waals surface area contributed by atoms with Crippen molar-refractivity contribution in [1.82, 2.24) is 0 Å². The summed E-state index contributed by atoms with van der Waals surface area (Å²) in [6.45, 7) is 3.34. The Kier molecular flexibility index (Phi) is 2.88. The van der Waals surface area contributed by atoms with Gasteiger partial charge in [-0.1, -0.05) is 6.07 Å². The van der Waals surface area contributed by atoms with Crippen LogP contribution in [0, 0.1) is 0 Å². The third kappa shape index (κ3) is 2.17. The van der Waals surface area contributed by atoms with E-state index in [-0.39, 0.29) is 5.75 Å². The van der Waals surface area contributed by atoms with Gasteiger partial charge in [-0.25, -0.2) is 0 Å². The third-order valence-electron chi connectivity index (χ3n) is 1.84. The summed E-state index contributed by atoms with van der Waals surface area (Å²) < 4.78 is 0. The van der Waals surface area contributed by atoms with Crippen LogP contribution in [-0.2, 0) is 5.60 Å². The lowest BCUT2D eigenvalue weighted by atomic mass is 9.97. The quantitative estimate of drug-likeness (QED) is 0.717. The van der Waals surface area contributed by atoms with Crippen LogP contribution < -0.4 is 0 Å². The maximum atomic E-state index is 9.81. The Morgan fingerprint density at radius 3 is 2.31 bits per heavy atom. The molecular formula is C10H14O2S. The molecule has 2 N–H and O–H groups in total. The van der Waals surface area contributed by atoms with Gasteiger partial charge in [0, 0.05) is 10.5 Å². The molecule has 2 nitrogen and oxygen atoms in total. The molecule has 1 aromatic rings. The fraction of sp³-hybridized carbons (Fsp3) is 0.400. The van der Waals surface area contributed by atoms with Crippen molar-refractivity contribution < 1.29 is 10.2 Å². The minimum atomic E-state index is -0.996. The van der Waals surface area contributed by atoms with Crippen LogP contribution in [0.1, 0.15) is 19.4 Å². The summed E-state index contributed by atoms with van der Waals surface area (Å²) in [4.78, 5) is 0.910. The summed E-state index contributed by atoms with van der Waals surface area (Å²) in [5.74, 6) is 0.152. The molecule has 3 heteroatoms. The zero-order chi connectivity index (χ0) is 10.1. The Labute approximate surface area is 82.6 Å². The molecule has 0 aliphatic heterocycles. The monoisotopic (exact) mass is 198 g/mol. The van der Waals surface area contributed by atoms with E-state index in [2.05, 4.69) is 0 Å². The number of benzene rings is 1. The molecule has 0 saturated carbocycles. The number of aromatic hydroxyl groups is 1. The third-order valence-corrected chi connectivity index (χ3v) is 2.62. The van der Waals surface area contributed by atoms with Crippen molar-refractivity contribution in [2.75, 3.05) is 6.26 Å². The highest BCUT2D eigenvalue weighted by atomic mass is 32.2. The molecule has 0 aliphatic carbocycles. The van der Waals surface area contributed by atoms with Gasteiger partial charge in [0.05, 0.1) is 5.60 Å². The fourth-order valence-electron chi connectivity index (χ4n) is 1.30. The van der Waals surface area contributed by atoms with E-state index in [0.29, 0.717) is 5.56 Å². The molecule has 13 heavy (non-hydrogen) atoms. The predicted molar refractivity (Wildman–Crippen MR) is 55.1 cm³/mol. The molecule has 0 aromatic heterocycles. The van der Waals surface area contributed by atoms with Crippen LogP contribution in [-0.4, -0.2) is 16.5 Å². The van der Waals surface area contributed by atoms with E-state index in [4.69, 9.17) is 0 Å². The van der Waals surface area contributed by atoms with Crippen LogP contribution in [0.3, 0.4) is 0 Å². The molecule has 0 spiro atoms. The first-order chi connectivity index (χ1) is 5.96. The highest BCUT2D eigenvalue weighted by Gasteiger charge is 2.23. The largest absolute Gasteiger partial charge is 0.508 e. The van der Waals surface area contributed by atoms with Crippen LogP contribution in [0.15, 0.2) is 23.1 Å². The smallest absolute Gasteiger partial charge is 0.122 e. The zero-order valence-electron chi connectivity index (χ0n) is 8.03. The van der Waals surface area contributed by atoms with E-state index >= 15 is 0 Å². The normalized spacial score (nSPS) is 11.7. The number of hydrogen-bond acceptors (Lipinski definition) is 3. The second kappa shape index (κ2) is 3.60. The molecule has 0 bridgehead atoms. The molecule has 0 saturated heterocycles. The molecule has 0 unspecified atom stereocenters. The zero-order valence-corrected chi connectivity index (χ0v) is 8.85. The number of phenols is 1. The SMILES string of the molecule is CSc1cccc(O)c1C(C)(C)O. The van der Waals surface area contributed by atoms with Crippen molar-refractivity contribution in [2.24, 2.45) is 0 Å². The number of phenolic OH excluding ortho intramolecular Hbond substituents is 1.